The summed E-state index contributed by atoms with van der Waals surface area (Å²) in [6, 6.07) is 24.8. The predicted molar refractivity (Wildman–Crippen MR) is 112 cm³/mol. The Balaban J connectivity index is 1.78. The summed E-state index contributed by atoms with van der Waals surface area (Å²) >= 11 is 0. The maximum absolute atomic E-state index is 2.49. The van der Waals surface area contributed by atoms with Crippen LogP contribution in [0.25, 0.3) is 32.9 Å². The van der Waals surface area contributed by atoms with Crippen LogP contribution in [0.4, 0.5) is 0 Å². The van der Waals surface area contributed by atoms with E-state index in [2.05, 4.69) is 103 Å². The summed E-state index contributed by atoms with van der Waals surface area (Å²) in [6.45, 7) is 2.15. The minimum absolute atomic E-state index is 0.382. The summed E-state index contributed by atoms with van der Waals surface area (Å²) in [5.41, 5.74) is 6.48. The number of fused-ring (bicyclic) bond motifs is 3. The maximum Gasteiger partial charge on any atom is 0.0560 e. The molecule has 3 aromatic carbocycles. The number of para-hydroxylation sites is 1. The zero-order chi connectivity index (χ0) is 17.5. The first-order valence-electron chi connectivity index (χ1n) is 9.24. The largest absolute Gasteiger partial charge is 0.333 e. The highest BCUT2D eigenvalue weighted by atomic mass is 15.0. The van der Waals surface area contributed by atoms with Crippen LogP contribution in [-0.2, 0) is 0 Å². The van der Waals surface area contributed by atoms with Crippen LogP contribution in [0.3, 0.4) is 0 Å². The fourth-order valence-electron chi connectivity index (χ4n) is 4.12. The van der Waals surface area contributed by atoms with Gasteiger partial charge in [0, 0.05) is 21.8 Å². The Hall–Kier alpha value is -3.06. The van der Waals surface area contributed by atoms with Crippen molar-refractivity contribution in [3.05, 3.63) is 96.6 Å². The van der Waals surface area contributed by atoms with E-state index >= 15 is 0 Å². The van der Waals surface area contributed by atoms with E-state index in [0.717, 1.165) is 6.42 Å². The molecular formula is C25H21N. The molecule has 5 rings (SSSR count). The number of nitrogens with zero attached hydrogens (tertiary/aromatic N) is 1. The monoisotopic (exact) mass is 335 g/mol. The number of hydrogen-bond acceptors (Lipinski definition) is 0. The zero-order valence-corrected chi connectivity index (χ0v) is 14.9. The molecule has 1 heterocycles. The fraction of sp³-hybridized carbons (Fsp3) is 0.120. The first kappa shape index (κ1) is 15.2. The van der Waals surface area contributed by atoms with E-state index in [9.17, 15) is 0 Å². The Bertz CT molecular complexity index is 1170. The molecule has 1 aromatic heterocycles. The van der Waals surface area contributed by atoms with E-state index < -0.39 is 0 Å². The van der Waals surface area contributed by atoms with Crippen molar-refractivity contribution >= 4 is 21.8 Å². The van der Waals surface area contributed by atoms with Gasteiger partial charge in [-0.25, -0.2) is 0 Å². The van der Waals surface area contributed by atoms with Crippen molar-refractivity contribution in [2.45, 2.75) is 19.4 Å². The second-order valence-corrected chi connectivity index (χ2v) is 7.10. The van der Waals surface area contributed by atoms with Gasteiger partial charge in [-0.2, -0.15) is 0 Å². The maximum atomic E-state index is 2.49. The highest BCUT2D eigenvalue weighted by Gasteiger charge is 2.17. The summed E-state index contributed by atoms with van der Waals surface area (Å²) in [4.78, 5) is 0. The Morgan fingerprint density at radius 1 is 0.769 bits per heavy atom. The minimum Gasteiger partial charge on any atom is -0.333 e. The average molecular weight is 335 g/mol. The molecule has 0 aliphatic heterocycles. The van der Waals surface area contributed by atoms with Crippen LogP contribution in [0, 0.1) is 6.92 Å². The Labute approximate surface area is 153 Å². The lowest BCUT2D eigenvalue weighted by Gasteiger charge is -2.18. The van der Waals surface area contributed by atoms with Gasteiger partial charge in [0.05, 0.1) is 6.04 Å². The predicted octanol–water partition coefficient (Wildman–Crippen LogP) is 6.83. The van der Waals surface area contributed by atoms with E-state index in [1.165, 1.54) is 38.5 Å². The van der Waals surface area contributed by atoms with Crippen LogP contribution >= 0.6 is 0 Å². The number of allylic oxidation sites excluding steroid dienone is 4. The molecule has 0 N–H and O–H groups in total. The molecule has 0 radical (unpaired) electrons. The van der Waals surface area contributed by atoms with Crippen molar-refractivity contribution in [1.82, 2.24) is 4.57 Å². The van der Waals surface area contributed by atoms with Crippen molar-refractivity contribution in [3.8, 4) is 11.1 Å². The van der Waals surface area contributed by atoms with Crippen LogP contribution in [0.1, 0.15) is 18.0 Å². The molecule has 0 saturated carbocycles. The van der Waals surface area contributed by atoms with Crippen molar-refractivity contribution < 1.29 is 0 Å². The molecule has 1 aliphatic carbocycles. The highest BCUT2D eigenvalue weighted by Crippen LogP contribution is 2.36. The molecule has 1 unspecified atom stereocenters. The third-order valence-electron chi connectivity index (χ3n) is 5.35. The molecule has 0 amide bonds. The van der Waals surface area contributed by atoms with E-state index in [1.54, 1.807) is 0 Å². The second-order valence-electron chi connectivity index (χ2n) is 7.10. The van der Waals surface area contributed by atoms with Gasteiger partial charge >= 0.3 is 0 Å². The van der Waals surface area contributed by atoms with Gasteiger partial charge in [-0.15, -0.1) is 0 Å². The first-order chi connectivity index (χ1) is 12.8. The number of rotatable bonds is 2. The molecule has 126 valence electrons. The van der Waals surface area contributed by atoms with Gasteiger partial charge in [0.1, 0.15) is 0 Å². The summed E-state index contributed by atoms with van der Waals surface area (Å²) in [5.74, 6) is 0. The normalized spacial score (nSPS) is 16.6. The number of benzene rings is 3. The molecule has 26 heavy (non-hydrogen) atoms. The fourth-order valence-corrected chi connectivity index (χ4v) is 4.12. The SMILES string of the molecule is Cc1cccc(-c2ccc3c(c2)c2ccccc2n3C2C=CC=CC2)c1. The topological polar surface area (TPSA) is 4.93 Å². The van der Waals surface area contributed by atoms with Gasteiger partial charge in [0.2, 0.25) is 0 Å². The average Bonchev–Trinajstić information content (AvgIpc) is 3.02. The van der Waals surface area contributed by atoms with Gasteiger partial charge in [-0.05, 0) is 42.7 Å². The quantitative estimate of drug-likeness (QED) is 0.378. The molecule has 0 saturated heterocycles. The van der Waals surface area contributed by atoms with Crippen LogP contribution in [0.2, 0.25) is 0 Å². The van der Waals surface area contributed by atoms with Gasteiger partial charge in [0.25, 0.3) is 0 Å². The molecule has 0 fully saturated rings. The summed E-state index contributed by atoms with van der Waals surface area (Å²) < 4.78 is 2.49. The summed E-state index contributed by atoms with van der Waals surface area (Å²) in [7, 11) is 0. The molecule has 0 bridgehead atoms. The molecular weight excluding hydrogens is 314 g/mol. The van der Waals surface area contributed by atoms with Crippen LogP contribution in [-0.4, -0.2) is 4.57 Å². The molecule has 1 heteroatoms. The van der Waals surface area contributed by atoms with Gasteiger partial charge in [0.15, 0.2) is 0 Å². The number of hydrogen-bond donors (Lipinski definition) is 0. The number of aromatic nitrogens is 1. The number of aryl methyl sites for hydroxylation is 1. The van der Waals surface area contributed by atoms with Gasteiger partial charge < -0.3 is 4.57 Å². The third kappa shape index (κ3) is 2.40. The third-order valence-corrected chi connectivity index (χ3v) is 5.35. The lowest BCUT2D eigenvalue weighted by atomic mass is 10.0. The highest BCUT2D eigenvalue weighted by molar-refractivity contribution is 6.09. The van der Waals surface area contributed by atoms with Crippen molar-refractivity contribution in [3.63, 3.8) is 0 Å². The lowest BCUT2D eigenvalue weighted by Crippen LogP contribution is -2.06. The van der Waals surface area contributed by atoms with Crippen molar-refractivity contribution in [2.24, 2.45) is 0 Å². The van der Waals surface area contributed by atoms with Crippen molar-refractivity contribution in [1.29, 1.82) is 0 Å². The standard InChI is InChI=1S/C25H21N/c1-18-8-7-9-19(16-18)20-14-15-25-23(17-20)22-12-5-6-13-24(22)26(25)21-10-3-2-4-11-21/h2-10,12-17,21H,11H2,1H3. The molecule has 4 aromatic rings. The Kier molecular flexibility index (Phi) is 3.53. The molecule has 0 spiro atoms. The Morgan fingerprint density at radius 3 is 2.46 bits per heavy atom. The van der Waals surface area contributed by atoms with E-state index in [0.29, 0.717) is 6.04 Å². The lowest BCUT2D eigenvalue weighted by molar-refractivity contribution is 0.648. The van der Waals surface area contributed by atoms with E-state index in [4.69, 9.17) is 0 Å². The van der Waals surface area contributed by atoms with Crippen LogP contribution in [0.15, 0.2) is 91.0 Å². The van der Waals surface area contributed by atoms with Crippen molar-refractivity contribution in [2.75, 3.05) is 0 Å². The smallest absolute Gasteiger partial charge is 0.0560 e. The second kappa shape index (κ2) is 6.03. The van der Waals surface area contributed by atoms with Crippen LogP contribution in [0.5, 0.6) is 0 Å². The van der Waals surface area contributed by atoms with E-state index in [1.807, 2.05) is 0 Å². The summed E-state index contributed by atoms with van der Waals surface area (Å²) in [6.07, 6.45) is 9.91. The molecule has 1 atom stereocenters. The van der Waals surface area contributed by atoms with E-state index in [-0.39, 0.29) is 0 Å². The van der Waals surface area contributed by atoms with Crippen LogP contribution < -0.4 is 0 Å². The molecule has 1 nitrogen and oxygen atoms in total. The molecule has 1 aliphatic rings. The first-order valence-corrected chi connectivity index (χ1v) is 9.24. The minimum atomic E-state index is 0.382. The van der Waals surface area contributed by atoms with Gasteiger partial charge in [-0.1, -0.05) is 78.4 Å². The van der Waals surface area contributed by atoms with Gasteiger partial charge in [-0.3, -0.25) is 0 Å². The summed E-state index contributed by atoms with van der Waals surface area (Å²) in [5, 5.41) is 2.67. The zero-order valence-electron chi connectivity index (χ0n) is 14.9. The Morgan fingerprint density at radius 2 is 1.62 bits per heavy atom.